The fourth-order valence-corrected chi connectivity index (χ4v) is 3.14. The lowest BCUT2D eigenvalue weighted by atomic mass is 10.2. The first-order valence-electron chi connectivity index (χ1n) is 5.65. The predicted octanol–water partition coefficient (Wildman–Crippen LogP) is 2.22. The molecule has 0 radical (unpaired) electrons. The molecule has 0 amide bonds. The molecule has 0 aliphatic carbocycles. The van der Waals surface area contributed by atoms with Gasteiger partial charge in [0.15, 0.2) is 0 Å². The molecule has 1 N–H and O–H groups in total. The predicted molar refractivity (Wildman–Crippen MR) is 76.1 cm³/mol. The molecule has 0 saturated carbocycles. The summed E-state index contributed by atoms with van der Waals surface area (Å²) in [6.07, 6.45) is 3.43. The molecule has 0 aliphatic rings. The Hall–Kier alpha value is -1.18. The smallest absolute Gasteiger partial charge is 0.241 e. The number of halogens is 1. The third kappa shape index (κ3) is 3.43. The Balaban J connectivity index is 2.19. The van der Waals surface area contributed by atoms with Crippen LogP contribution >= 0.6 is 15.9 Å². The second-order valence-corrected chi connectivity index (χ2v) is 6.87. The first kappa shape index (κ1) is 14.2. The second-order valence-electron chi connectivity index (χ2n) is 4.24. The number of aryl methyl sites for hydroxylation is 1. The molecular weight excluding hydrogens is 330 g/mol. The average molecular weight is 344 g/mol. The largest absolute Gasteiger partial charge is 0.275 e. The van der Waals surface area contributed by atoms with E-state index >= 15 is 0 Å². The van der Waals surface area contributed by atoms with E-state index < -0.39 is 10.0 Å². The van der Waals surface area contributed by atoms with Crippen LogP contribution in [0.15, 0.2) is 46.0 Å². The van der Waals surface area contributed by atoms with Crippen molar-refractivity contribution in [1.82, 2.24) is 14.5 Å². The lowest BCUT2D eigenvalue weighted by Crippen LogP contribution is -2.26. The van der Waals surface area contributed by atoms with Gasteiger partial charge >= 0.3 is 0 Å². The minimum atomic E-state index is -3.52. The van der Waals surface area contributed by atoms with Gasteiger partial charge in [-0.25, -0.2) is 13.1 Å². The van der Waals surface area contributed by atoms with Crippen molar-refractivity contribution in [2.24, 2.45) is 7.05 Å². The van der Waals surface area contributed by atoms with Crippen molar-refractivity contribution in [3.63, 3.8) is 0 Å². The number of rotatable bonds is 4. The van der Waals surface area contributed by atoms with Crippen LogP contribution in [-0.2, 0) is 17.1 Å². The zero-order valence-corrected chi connectivity index (χ0v) is 12.9. The minimum Gasteiger partial charge on any atom is -0.275 e. The van der Waals surface area contributed by atoms with Crippen molar-refractivity contribution in [1.29, 1.82) is 0 Å². The monoisotopic (exact) mass is 343 g/mol. The molecule has 0 aliphatic heterocycles. The minimum absolute atomic E-state index is 0.242. The van der Waals surface area contributed by atoms with E-state index in [1.54, 1.807) is 55.3 Å². The van der Waals surface area contributed by atoms with Crippen LogP contribution < -0.4 is 4.72 Å². The number of benzene rings is 1. The lowest BCUT2D eigenvalue weighted by molar-refractivity contribution is 0.567. The molecule has 102 valence electrons. The van der Waals surface area contributed by atoms with Crippen LogP contribution in [0, 0.1) is 0 Å². The SMILES string of the molecule is CC(NS(=O)(=O)c1ccc(Br)cc1)c1cnn(C)c1. The highest BCUT2D eigenvalue weighted by atomic mass is 79.9. The van der Waals surface area contributed by atoms with Crippen LogP contribution in [0.2, 0.25) is 0 Å². The molecule has 2 rings (SSSR count). The molecule has 1 aromatic heterocycles. The van der Waals surface area contributed by atoms with Crippen molar-refractivity contribution in [3.8, 4) is 0 Å². The highest BCUT2D eigenvalue weighted by molar-refractivity contribution is 9.10. The summed E-state index contributed by atoms with van der Waals surface area (Å²) in [5.41, 5.74) is 0.822. The Morgan fingerprint density at radius 2 is 1.95 bits per heavy atom. The summed E-state index contributed by atoms with van der Waals surface area (Å²) in [6, 6.07) is 6.18. The summed E-state index contributed by atoms with van der Waals surface area (Å²) in [4.78, 5) is 0.242. The maximum Gasteiger partial charge on any atom is 0.241 e. The molecule has 1 heterocycles. The van der Waals surface area contributed by atoms with E-state index in [1.807, 2.05) is 0 Å². The molecule has 0 saturated heterocycles. The molecule has 1 atom stereocenters. The van der Waals surface area contributed by atoms with E-state index in [-0.39, 0.29) is 10.9 Å². The van der Waals surface area contributed by atoms with E-state index in [2.05, 4.69) is 25.8 Å². The molecule has 19 heavy (non-hydrogen) atoms. The molecule has 5 nitrogen and oxygen atoms in total. The van der Waals surface area contributed by atoms with E-state index in [1.165, 1.54) is 0 Å². The van der Waals surface area contributed by atoms with Gasteiger partial charge in [0.05, 0.1) is 11.1 Å². The summed E-state index contributed by atoms with van der Waals surface area (Å²) < 4.78 is 29.5. The van der Waals surface area contributed by atoms with Crippen LogP contribution in [0.25, 0.3) is 0 Å². The summed E-state index contributed by atoms with van der Waals surface area (Å²) in [5, 5.41) is 4.03. The van der Waals surface area contributed by atoms with Crippen LogP contribution in [-0.4, -0.2) is 18.2 Å². The van der Waals surface area contributed by atoms with Crippen LogP contribution in [0.5, 0.6) is 0 Å². The maximum atomic E-state index is 12.2. The van der Waals surface area contributed by atoms with Crippen molar-refractivity contribution in [3.05, 3.63) is 46.7 Å². The van der Waals surface area contributed by atoms with Gasteiger partial charge in [0.2, 0.25) is 10.0 Å². The molecule has 1 aromatic carbocycles. The topological polar surface area (TPSA) is 64.0 Å². The third-order valence-electron chi connectivity index (χ3n) is 2.68. The Labute approximate surface area is 120 Å². The summed E-state index contributed by atoms with van der Waals surface area (Å²) in [5.74, 6) is 0. The molecule has 0 spiro atoms. The van der Waals surface area contributed by atoms with Gasteiger partial charge in [-0.3, -0.25) is 4.68 Å². The van der Waals surface area contributed by atoms with Gasteiger partial charge in [0, 0.05) is 29.3 Å². The zero-order chi connectivity index (χ0) is 14.0. The molecule has 0 fully saturated rings. The van der Waals surface area contributed by atoms with Gasteiger partial charge in [0.1, 0.15) is 0 Å². The van der Waals surface area contributed by atoms with E-state index in [9.17, 15) is 8.42 Å². The molecule has 7 heteroatoms. The first-order valence-corrected chi connectivity index (χ1v) is 7.92. The van der Waals surface area contributed by atoms with Crippen LogP contribution in [0.3, 0.4) is 0 Å². The Morgan fingerprint density at radius 3 is 2.47 bits per heavy atom. The Bertz CT molecular complexity index is 665. The Morgan fingerprint density at radius 1 is 1.32 bits per heavy atom. The van der Waals surface area contributed by atoms with Crippen molar-refractivity contribution in [2.75, 3.05) is 0 Å². The number of hydrogen-bond donors (Lipinski definition) is 1. The maximum absolute atomic E-state index is 12.2. The Kier molecular flexibility index (Phi) is 4.07. The van der Waals surface area contributed by atoms with Gasteiger partial charge in [-0.05, 0) is 31.2 Å². The van der Waals surface area contributed by atoms with Gasteiger partial charge in [-0.2, -0.15) is 5.10 Å². The summed E-state index contributed by atoms with van der Waals surface area (Å²) >= 11 is 3.28. The fraction of sp³-hybridized carbons (Fsp3) is 0.250. The van der Waals surface area contributed by atoms with Crippen LogP contribution in [0.4, 0.5) is 0 Å². The van der Waals surface area contributed by atoms with E-state index in [4.69, 9.17) is 0 Å². The van der Waals surface area contributed by atoms with Crippen molar-refractivity contribution in [2.45, 2.75) is 17.9 Å². The zero-order valence-electron chi connectivity index (χ0n) is 10.5. The van der Waals surface area contributed by atoms with Crippen molar-refractivity contribution >= 4 is 26.0 Å². The number of sulfonamides is 1. The number of nitrogens with one attached hydrogen (secondary N) is 1. The average Bonchev–Trinajstić information content (AvgIpc) is 2.76. The summed E-state index contributed by atoms with van der Waals surface area (Å²) in [7, 11) is -1.73. The van der Waals surface area contributed by atoms with Crippen LogP contribution in [0.1, 0.15) is 18.5 Å². The van der Waals surface area contributed by atoms with Gasteiger partial charge in [0.25, 0.3) is 0 Å². The quantitative estimate of drug-likeness (QED) is 0.925. The molecular formula is C12H14BrN3O2S. The van der Waals surface area contributed by atoms with Gasteiger partial charge in [-0.15, -0.1) is 0 Å². The standard InChI is InChI=1S/C12H14BrN3O2S/c1-9(10-7-14-16(2)8-10)15-19(17,18)12-5-3-11(13)4-6-12/h3-9,15H,1-2H3. The van der Waals surface area contributed by atoms with E-state index in [0.29, 0.717) is 0 Å². The normalized spacial score (nSPS) is 13.4. The number of nitrogens with zero attached hydrogens (tertiary/aromatic N) is 2. The fourth-order valence-electron chi connectivity index (χ4n) is 1.65. The molecule has 2 aromatic rings. The molecule has 0 bridgehead atoms. The first-order chi connectivity index (χ1) is 8.88. The van der Waals surface area contributed by atoms with Gasteiger partial charge < -0.3 is 0 Å². The van der Waals surface area contributed by atoms with E-state index in [0.717, 1.165) is 10.0 Å². The number of aromatic nitrogens is 2. The van der Waals surface area contributed by atoms with Crippen molar-refractivity contribution < 1.29 is 8.42 Å². The summed E-state index contributed by atoms with van der Waals surface area (Å²) in [6.45, 7) is 1.79. The second kappa shape index (κ2) is 5.44. The number of hydrogen-bond acceptors (Lipinski definition) is 3. The molecule has 1 unspecified atom stereocenters. The lowest BCUT2D eigenvalue weighted by Gasteiger charge is -2.12. The highest BCUT2D eigenvalue weighted by Crippen LogP contribution is 2.18. The highest BCUT2D eigenvalue weighted by Gasteiger charge is 2.18. The third-order valence-corrected chi connectivity index (χ3v) is 4.77. The van der Waals surface area contributed by atoms with Gasteiger partial charge in [-0.1, -0.05) is 15.9 Å².